The maximum absolute atomic E-state index is 12.3. The van der Waals surface area contributed by atoms with E-state index in [-0.39, 0.29) is 0 Å². The minimum atomic E-state index is -3.02. The number of ether oxygens (including phenoxy) is 1. The van der Waals surface area contributed by atoms with Gasteiger partial charge in [0, 0.05) is 0 Å². The van der Waals surface area contributed by atoms with Crippen LogP contribution < -0.4 is 11.4 Å². The highest BCUT2D eigenvalue weighted by Crippen LogP contribution is 2.42. The summed E-state index contributed by atoms with van der Waals surface area (Å²) in [5.74, 6) is 4.12. The second-order valence-corrected chi connectivity index (χ2v) is 4.70. The van der Waals surface area contributed by atoms with E-state index in [0.717, 1.165) is 6.33 Å². The van der Waals surface area contributed by atoms with Crippen molar-refractivity contribution in [2.75, 3.05) is 13.2 Å². The van der Waals surface area contributed by atoms with Crippen LogP contribution in [0.3, 0.4) is 0 Å². The molecule has 4 atom stereocenters. The molecule has 1 aliphatic heterocycles. The first-order valence-electron chi connectivity index (χ1n) is 6.59. The maximum atomic E-state index is 12.3. The molecule has 10 heteroatoms. The summed E-state index contributed by atoms with van der Waals surface area (Å²) in [7, 11) is 0. The van der Waals surface area contributed by atoms with Crippen molar-refractivity contribution in [3.8, 4) is 11.8 Å². The number of rotatable bonds is 2. The van der Waals surface area contributed by atoms with E-state index >= 15 is 0 Å². The minimum Gasteiger partial charge on any atom is -0.394 e. The zero-order valence-corrected chi connectivity index (χ0v) is 11.0. The van der Waals surface area contributed by atoms with Crippen molar-refractivity contribution in [2.24, 2.45) is 0 Å². The fourth-order valence-corrected chi connectivity index (χ4v) is 2.21. The lowest BCUT2D eigenvalue weighted by Crippen LogP contribution is -2.44. The second kappa shape index (κ2) is 5.95. The summed E-state index contributed by atoms with van der Waals surface area (Å²) >= 11 is 6.14. The highest BCUT2D eigenvalue weighted by atomic mass is 35.5. The number of halogens is 2. The first-order chi connectivity index (χ1) is 10.6. The average molecular weight is 322 g/mol. The fraction of sp³-hybridized carbons (Fsp3) is 0.545. The van der Waals surface area contributed by atoms with Gasteiger partial charge in [0.15, 0.2) is 11.1 Å². The van der Waals surface area contributed by atoms with Crippen LogP contribution in [0.25, 0.3) is 0 Å². The lowest BCUT2D eigenvalue weighted by atomic mass is 9.99. The first kappa shape index (κ1) is 13.0. The van der Waals surface area contributed by atoms with E-state index in [4.69, 9.17) is 19.1 Å². The normalized spacial score (nSPS) is 33.8. The lowest BCUT2D eigenvalue weighted by molar-refractivity contribution is -0.0468. The van der Waals surface area contributed by atoms with Crippen molar-refractivity contribution in [3.05, 3.63) is 27.3 Å². The first-order valence-corrected chi connectivity index (χ1v) is 5.97. The van der Waals surface area contributed by atoms with Gasteiger partial charge in [0.25, 0.3) is 0 Å². The number of aromatic amines is 1. The Hall–Kier alpha value is -1.73. The van der Waals surface area contributed by atoms with Crippen molar-refractivity contribution in [3.63, 3.8) is 0 Å². The highest BCUT2D eigenvalue weighted by molar-refractivity contribution is 6.27. The van der Waals surface area contributed by atoms with Gasteiger partial charge in [0.1, 0.15) is 25.2 Å². The molecule has 0 radical (unpaired) electrons. The van der Waals surface area contributed by atoms with E-state index in [9.17, 15) is 24.2 Å². The summed E-state index contributed by atoms with van der Waals surface area (Å²) in [5.41, 5.74) is -1.97. The molecule has 1 fully saturated rings. The van der Waals surface area contributed by atoms with Crippen LogP contribution in [-0.4, -0.2) is 55.1 Å². The molecule has 0 aromatic carbocycles. The third-order valence-corrected chi connectivity index (χ3v) is 3.33. The van der Waals surface area contributed by atoms with Crippen LogP contribution in [-0.2, 0) is 4.74 Å². The number of alkyl halides is 2. The number of aliphatic hydroxyl groups is 2. The van der Waals surface area contributed by atoms with E-state index in [2.05, 4.69) is 10.9 Å². The van der Waals surface area contributed by atoms with Gasteiger partial charge in [0.05, 0.1) is 9.30 Å². The number of H-pyrrole nitrogens is 1. The van der Waals surface area contributed by atoms with Crippen LogP contribution in [0.2, 0.25) is 0 Å². The zero-order chi connectivity index (χ0) is 17.4. The molecule has 0 aliphatic carbocycles. The lowest BCUT2D eigenvalue weighted by Gasteiger charge is -2.25. The third kappa shape index (κ3) is 2.71. The molecule has 1 saturated heterocycles. The Labute approximate surface area is 125 Å². The average Bonchev–Trinajstić information content (AvgIpc) is 2.70. The number of hydrogen-bond acceptors (Lipinski definition) is 6. The van der Waals surface area contributed by atoms with E-state index in [1.165, 1.54) is 0 Å². The summed E-state index contributed by atoms with van der Waals surface area (Å²) < 4.78 is 32.6. The van der Waals surface area contributed by atoms with Crippen LogP contribution in [0.15, 0.2) is 15.9 Å². The second-order valence-electron chi connectivity index (χ2n) is 4.07. The molecule has 2 rings (SSSR count). The van der Waals surface area contributed by atoms with Crippen LogP contribution in [0.4, 0.5) is 4.39 Å². The van der Waals surface area contributed by atoms with E-state index in [0.29, 0.717) is 4.57 Å². The Morgan fingerprint density at radius 2 is 2.43 bits per heavy atom. The smallest absolute Gasteiger partial charge is 0.350 e. The maximum Gasteiger partial charge on any atom is 0.350 e. The third-order valence-electron chi connectivity index (χ3n) is 2.83. The van der Waals surface area contributed by atoms with Crippen molar-refractivity contribution < 1.29 is 22.1 Å². The van der Waals surface area contributed by atoms with Gasteiger partial charge in [-0.3, -0.25) is 9.55 Å². The van der Waals surface area contributed by atoms with Gasteiger partial charge in [-0.1, -0.05) is 23.4 Å². The van der Waals surface area contributed by atoms with Gasteiger partial charge in [-0.15, -0.1) is 0 Å². The van der Waals surface area contributed by atoms with Crippen LogP contribution in [0, 0.1) is 11.8 Å². The Bertz CT molecular complexity index is 770. The molecular weight excluding hydrogens is 309 g/mol. The monoisotopic (exact) mass is 321 g/mol. The van der Waals surface area contributed by atoms with Crippen molar-refractivity contribution in [2.45, 2.75) is 23.3 Å². The van der Waals surface area contributed by atoms with Gasteiger partial charge in [-0.25, -0.2) is 14.0 Å². The predicted octanol–water partition coefficient (Wildman–Crippen LogP) is -1.87. The molecule has 0 amide bonds. The molecule has 3 N–H and O–H groups in total. The summed E-state index contributed by atoms with van der Waals surface area (Å²) in [4.78, 5) is 25.8. The Balaban J connectivity index is 2.59. The summed E-state index contributed by atoms with van der Waals surface area (Å²) in [5, 5.41) is 19.6. The molecular formula is C11H11ClFN3O5. The largest absolute Gasteiger partial charge is 0.394 e. The number of nitrogens with one attached hydrogen (secondary N) is 1. The van der Waals surface area contributed by atoms with Gasteiger partial charge < -0.3 is 14.9 Å². The van der Waals surface area contributed by atoms with E-state index in [1.54, 1.807) is 0 Å². The van der Waals surface area contributed by atoms with Crippen LogP contribution >= 0.6 is 11.6 Å². The molecule has 1 aromatic rings. The Morgan fingerprint density at radius 3 is 3.00 bits per heavy atom. The zero-order valence-electron chi connectivity index (χ0n) is 12.3. The minimum absolute atomic E-state index is 0.649. The molecule has 0 bridgehead atoms. The van der Waals surface area contributed by atoms with Crippen molar-refractivity contribution >= 4 is 11.6 Å². The van der Waals surface area contributed by atoms with E-state index in [1.807, 2.05) is 10.9 Å². The highest BCUT2D eigenvalue weighted by Gasteiger charge is 2.55. The molecule has 0 saturated carbocycles. The topological polar surface area (TPSA) is 117 Å². The molecule has 0 spiro atoms. The quantitative estimate of drug-likeness (QED) is 0.434. The van der Waals surface area contributed by atoms with Crippen molar-refractivity contribution in [1.82, 2.24) is 14.5 Å². The SMILES string of the molecule is [2H]C([2H])(O)[C@H]1O[C@@H](n2cnc(=O)[nH]c2=O)C(Cl)(C#CCF)[C@H]1O. The number of nitrogens with zero attached hydrogens (tertiary/aromatic N) is 2. The summed E-state index contributed by atoms with van der Waals surface area (Å²) in [6.45, 7) is -4.14. The Morgan fingerprint density at radius 1 is 1.71 bits per heavy atom. The fourth-order valence-electron chi connectivity index (χ4n) is 1.87. The van der Waals surface area contributed by atoms with Gasteiger partial charge >= 0.3 is 11.4 Å². The van der Waals surface area contributed by atoms with Crippen molar-refractivity contribution in [1.29, 1.82) is 0 Å². The van der Waals surface area contributed by atoms with E-state index < -0.39 is 47.9 Å². The summed E-state index contributed by atoms with van der Waals surface area (Å²) in [6.07, 6.45) is -4.67. The molecule has 1 unspecified atom stereocenters. The number of aliphatic hydroxyl groups excluding tert-OH is 1. The standard InChI is InChI=1S/C11H11ClFN3O5/c12-11(2-1-3-13)7(18)6(4-17)21-8(11)16-5-14-9(19)15-10(16)20/h5-8,17-18H,3-4H2,(H,15,19,20)/t6-,7+,8-,11?/m1/s1/i4D2. The molecule has 21 heavy (non-hydrogen) atoms. The molecule has 8 nitrogen and oxygen atoms in total. The molecule has 114 valence electrons. The van der Waals surface area contributed by atoms with Gasteiger partial charge in [0.2, 0.25) is 0 Å². The summed E-state index contributed by atoms with van der Waals surface area (Å²) in [6, 6.07) is 0. The predicted molar refractivity (Wildman–Crippen MR) is 68.5 cm³/mol. The number of hydrogen-bond donors (Lipinski definition) is 3. The molecule has 1 aliphatic rings. The van der Waals surface area contributed by atoms with Gasteiger partial charge in [-0.05, 0) is 0 Å². The molecule has 1 aromatic heterocycles. The Kier molecular flexibility index (Phi) is 3.67. The van der Waals surface area contributed by atoms with Crippen LogP contribution in [0.1, 0.15) is 8.97 Å². The molecule has 2 heterocycles. The number of aromatic nitrogens is 3. The van der Waals surface area contributed by atoms with Gasteiger partial charge in [-0.2, -0.15) is 4.98 Å². The van der Waals surface area contributed by atoms with Crippen LogP contribution in [0.5, 0.6) is 0 Å².